The molecule has 1 aromatic rings. The second-order valence-corrected chi connectivity index (χ2v) is 4.54. The first-order chi connectivity index (χ1) is 7.37. The Morgan fingerprint density at radius 3 is 2.44 bits per heavy atom. The van der Waals surface area contributed by atoms with Gasteiger partial charge in [0.2, 0.25) is 5.91 Å². The molecule has 4 heteroatoms. The molecule has 0 atom stereocenters. The lowest BCUT2D eigenvalue weighted by molar-refractivity contribution is -0.116. The van der Waals surface area contributed by atoms with Crippen LogP contribution in [0.5, 0.6) is 0 Å². The third-order valence-corrected chi connectivity index (χ3v) is 2.12. The normalized spacial score (nSPS) is 11.2. The minimum absolute atomic E-state index is 0.106. The van der Waals surface area contributed by atoms with E-state index >= 15 is 0 Å². The molecule has 0 fully saturated rings. The molecular formula is C12H17FN2O. The van der Waals surface area contributed by atoms with Gasteiger partial charge in [-0.2, -0.15) is 0 Å². The SMILES string of the molecule is CC(C)(N)CCC(=O)Nc1ccc(F)cc1. The number of rotatable bonds is 4. The minimum Gasteiger partial charge on any atom is -0.326 e. The summed E-state index contributed by atoms with van der Waals surface area (Å²) < 4.78 is 12.6. The lowest BCUT2D eigenvalue weighted by atomic mass is 10.00. The van der Waals surface area contributed by atoms with Crippen LogP contribution in [-0.2, 0) is 4.79 Å². The maximum atomic E-state index is 12.6. The number of carbonyl (C=O) groups excluding carboxylic acids is 1. The van der Waals surface area contributed by atoms with Crippen molar-refractivity contribution in [3.8, 4) is 0 Å². The van der Waals surface area contributed by atoms with Crippen molar-refractivity contribution in [1.29, 1.82) is 0 Å². The highest BCUT2D eigenvalue weighted by molar-refractivity contribution is 5.90. The van der Waals surface area contributed by atoms with Crippen LogP contribution in [0.2, 0.25) is 0 Å². The van der Waals surface area contributed by atoms with E-state index in [-0.39, 0.29) is 17.3 Å². The highest BCUT2D eigenvalue weighted by Gasteiger charge is 2.13. The molecule has 0 aliphatic heterocycles. The Labute approximate surface area is 94.8 Å². The first-order valence-corrected chi connectivity index (χ1v) is 5.21. The zero-order valence-electron chi connectivity index (χ0n) is 9.59. The average molecular weight is 224 g/mol. The van der Waals surface area contributed by atoms with Gasteiger partial charge in [0, 0.05) is 17.6 Å². The number of hydrogen-bond acceptors (Lipinski definition) is 2. The second kappa shape index (κ2) is 5.07. The van der Waals surface area contributed by atoms with Crippen LogP contribution >= 0.6 is 0 Å². The number of anilines is 1. The van der Waals surface area contributed by atoms with E-state index in [0.29, 0.717) is 18.5 Å². The van der Waals surface area contributed by atoms with Crippen molar-refractivity contribution in [3.63, 3.8) is 0 Å². The van der Waals surface area contributed by atoms with E-state index in [9.17, 15) is 9.18 Å². The zero-order valence-corrected chi connectivity index (χ0v) is 9.59. The Morgan fingerprint density at radius 2 is 1.94 bits per heavy atom. The highest BCUT2D eigenvalue weighted by atomic mass is 19.1. The summed E-state index contributed by atoms with van der Waals surface area (Å²) in [4.78, 5) is 11.5. The number of amides is 1. The molecule has 0 spiro atoms. The van der Waals surface area contributed by atoms with Gasteiger partial charge in [-0.05, 0) is 44.5 Å². The van der Waals surface area contributed by atoms with Crippen LogP contribution in [0.25, 0.3) is 0 Å². The third-order valence-electron chi connectivity index (χ3n) is 2.12. The number of benzene rings is 1. The van der Waals surface area contributed by atoms with E-state index in [4.69, 9.17) is 5.73 Å². The van der Waals surface area contributed by atoms with Crippen molar-refractivity contribution in [2.45, 2.75) is 32.2 Å². The molecule has 0 saturated carbocycles. The molecule has 1 aromatic carbocycles. The molecule has 0 aromatic heterocycles. The van der Waals surface area contributed by atoms with E-state index in [0.717, 1.165) is 0 Å². The highest BCUT2D eigenvalue weighted by Crippen LogP contribution is 2.11. The van der Waals surface area contributed by atoms with E-state index in [1.165, 1.54) is 24.3 Å². The summed E-state index contributed by atoms with van der Waals surface area (Å²) in [5, 5.41) is 2.68. The molecule has 0 aliphatic carbocycles. The Hall–Kier alpha value is -1.42. The Morgan fingerprint density at radius 1 is 1.38 bits per heavy atom. The van der Waals surface area contributed by atoms with Gasteiger partial charge in [0.15, 0.2) is 0 Å². The number of nitrogens with one attached hydrogen (secondary N) is 1. The van der Waals surface area contributed by atoms with Crippen molar-refractivity contribution >= 4 is 11.6 Å². The summed E-state index contributed by atoms with van der Waals surface area (Å²) in [6.45, 7) is 3.75. The van der Waals surface area contributed by atoms with E-state index in [1.807, 2.05) is 13.8 Å². The van der Waals surface area contributed by atoms with E-state index < -0.39 is 0 Å². The van der Waals surface area contributed by atoms with Crippen LogP contribution in [-0.4, -0.2) is 11.4 Å². The molecule has 0 unspecified atom stereocenters. The van der Waals surface area contributed by atoms with E-state index in [2.05, 4.69) is 5.32 Å². The fourth-order valence-corrected chi connectivity index (χ4v) is 1.19. The fraction of sp³-hybridized carbons (Fsp3) is 0.417. The van der Waals surface area contributed by atoms with Crippen molar-refractivity contribution in [2.75, 3.05) is 5.32 Å². The minimum atomic E-state index is -0.347. The van der Waals surface area contributed by atoms with Crippen molar-refractivity contribution in [3.05, 3.63) is 30.1 Å². The van der Waals surface area contributed by atoms with Crippen LogP contribution in [0.1, 0.15) is 26.7 Å². The molecule has 0 heterocycles. The van der Waals surface area contributed by atoms with Gasteiger partial charge in [0.05, 0.1) is 0 Å². The summed E-state index contributed by atoms with van der Waals surface area (Å²) in [7, 11) is 0. The van der Waals surface area contributed by atoms with Crippen molar-refractivity contribution in [1.82, 2.24) is 0 Å². The summed E-state index contributed by atoms with van der Waals surface area (Å²) in [6.07, 6.45) is 0.973. The van der Waals surface area contributed by atoms with Gasteiger partial charge in [-0.1, -0.05) is 0 Å². The quantitative estimate of drug-likeness (QED) is 0.824. The molecule has 1 rings (SSSR count). The summed E-state index contributed by atoms with van der Waals surface area (Å²) in [6, 6.07) is 5.67. The lowest BCUT2D eigenvalue weighted by Gasteiger charge is -2.17. The van der Waals surface area contributed by atoms with Crippen LogP contribution in [0.4, 0.5) is 10.1 Å². The predicted molar refractivity (Wildman–Crippen MR) is 62.5 cm³/mol. The van der Waals surface area contributed by atoms with Crippen molar-refractivity contribution in [2.24, 2.45) is 5.73 Å². The van der Waals surface area contributed by atoms with Crippen LogP contribution in [0.3, 0.4) is 0 Å². The molecule has 0 aliphatic rings. The largest absolute Gasteiger partial charge is 0.326 e. The van der Waals surface area contributed by atoms with E-state index in [1.54, 1.807) is 0 Å². The predicted octanol–water partition coefficient (Wildman–Crippen LogP) is 2.28. The number of nitrogens with two attached hydrogens (primary N) is 1. The number of hydrogen-bond donors (Lipinski definition) is 2. The third kappa shape index (κ3) is 4.89. The van der Waals surface area contributed by atoms with Crippen LogP contribution in [0, 0.1) is 5.82 Å². The Kier molecular flexibility index (Phi) is 4.01. The number of carbonyl (C=O) groups is 1. The van der Waals surface area contributed by atoms with Gasteiger partial charge >= 0.3 is 0 Å². The summed E-state index contributed by atoms with van der Waals surface area (Å²) in [5.41, 5.74) is 6.02. The Bertz CT molecular complexity index is 354. The maximum absolute atomic E-state index is 12.6. The molecule has 3 N–H and O–H groups in total. The molecule has 88 valence electrons. The molecule has 0 bridgehead atoms. The number of halogens is 1. The van der Waals surface area contributed by atoms with Gasteiger partial charge in [-0.15, -0.1) is 0 Å². The molecule has 3 nitrogen and oxygen atoms in total. The first kappa shape index (κ1) is 12.6. The smallest absolute Gasteiger partial charge is 0.224 e. The molecule has 16 heavy (non-hydrogen) atoms. The van der Waals surface area contributed by atoms with Crippen molar-refractivity contribution < 1.29 is 9.18 Å². The van der Waals surface area contributed by atoms with Gasteiger partial charge in [0.1, 0.15) is 5.82 Å². The molecular weight excluding hydrogens is 207 g/mol. The summed E-state index contributed by atoms with van der Waals surface area (Å²) in [5.74, 6) is -0.425. The first-order valence-electron chi connectivity index (χ1n) is 5.21. The second-order valence-electron chi connectivity index (χ2n) is 4.54. The zero-order chi connectivity index (χ0) is 12.2. The molecule has 1 amide bonds. The monoisotopic (exact) mass is 224 g/mol. The molecule has 0 saturated heterocycles. The lowest BCUT2D eigenvalue weighted by Crippen LogP contribution is -2.33. The maximum Gasteiger partial charge on any atom is 0.224 e. The van der Waals surface area contributed by atoms with Gasteiger partial charge < -0.3 is 11.1 Å². The van der Waals surface area contributed by atoms with Gasteiger partial charge in [-0.25, -0.2) is 4.39 Å². The fourth-order valence-electron chi connectivity index (χ4n) is 1.19. The topological polar surface area (TPSA) is 55.1 Å². The van der Waals surface area contributed by atoms with Gasteiger partial charge in [-0.3, -0.25) is 4.79 Å². The van der Waals surface area contributed by atoms with Gasteiger partial charge in [0.25, 0.3) is 0 Å². The average Bonchev–Trinajstić information content (AvgIpc) is 2.18. The van der Waals surface area contributed by atoms with Crippen LogP contribution in [0.15, 0.2) is 24.3 Å². The Balaban J connectivity index is 2.43. The summed E-state index contributed by atoms with van der Waals surface area (Å²) >= 11 is 0. The van der Waals surface area contributed by atoms with Crippen LogP contribution < -0.4 is 11.1 Å². The standard InChI is InChI=1S/C12H17FN2O/c1-12(2,14)8-7-11(16)15-10-5-3-9(13)4-6-10/h3-6H,7-8,14H2,1-2H3,(H,15,16). The molecule has 0 radical (unpaired) electrons.